The SMILES string of the molecule is CCc1cccn2nc(C(=O)O)nc12. The Morgan fingerprint density at radius 2 is 2.43 bits per heavy atom. The van der Waals surface area contributed by atoms with Gasteiger partial charge in [0, 0.05) is 6.20 Å². The van der Waals surface area contributed by atoms with E-state index in [0.29, 0.717) is 5.65 Å². The molecule has 0 atom stereocenters. The third-order valence-corrected chi connectivity index (χ3v) is 2.02. The van der Waals surface area contributed by atoms with Crippen LogP contribution >= 0.6 is 0 Å². The van der Waals surface area contributed by atoms with Crippen LogP contribution < -0.4 is 0 Å². The Balaban J connectivity index is 2.70. The summed E-state index contributed by atoms with van der Waals surface area (Å²) in [4.78, 5) is 14.6. The first-order valence-corrected chi connectivity index (χ1v) is 4.30. The molecule has 0 bridgehead atoms. The normalized spacial score (nSPS) is 10.6. The number of nitrogens with zero attached hydrogens (tertiary/aromatic N) is 3. The standard InChI is InChI=1S/C9H9N3O2/c1-2-6-4-3-5-12-8(6)10-7(11-12)9(13)14/h3-5H,2H2,1H3,(H,13,14). The summed E-state index contributed by atoms with van der Waals surface area (Å²) >= 11 is 0. The van der Waals surface area contributed by atoms with Gasteiger partial charge in [-0.05, 0) is 18.1 Å². The van der Waals surface area contributed by atoms with E-state index in [4.69, 9.17) is 5.11 Å². The lowest BCUT2D eigenvalue weighted by Crippen LogP contribution is -1.98. The second kappa shape index (κ2) is 3.10. The van der Waals surface area contributed by atoms with E-state index in [0.717, 1.165) is 12.0 Å². The van der Waals surface area contributed by atoms with Crippen molar-refractivity contribution in [1.82, 2.24) is 14.6 Å². The zero-order valence-electron chi connectivity index (χ0n) is 7.64. The van der Waals surface area contributed by atoms with Crippen LogP contribution in [-0.2, 0) is 6.42 Å². The Labute approximate surface area is 80.0 Å². The van der Waals surface area contributed by atoms with E-state index in [2.05, 4.69) is 10.1 Å². The molecule has 0 aliphatic rings. The van der Waals surface area contributed by atoms with Crippen LogP contribution in [0, 0.1) is 0 Å². The van der Waals surface area contributed by atoms with Crippen molar-refractivity contribution in [2.75, 3.05) is 0 Å². The quantitative estimate of drug-likeness (QED) is 0.768. The van der Waals surface area contributed by atoms with Crippen molar-refractivity contribution in [2.45, 2.75) is 13.3 Å². The number of rotatable bonds is 2. The molecule has 2 rings (SSSR count). The highest BCUT2D eigenvalue weighted by atomic mass is 16.4. The van der Waals surface area contributed by atoms with Gasteiger partial charge in [0.25, 0.3) is 5.82 Å². The molecule has 0 unspecified atom stereocenters. The summed E-state index contributed by atoms with van der Waals surface area (Å²) in [5, 5.41) is 12.5. The van der Waals surface area contributed by atoms with Gasteiger partial charge in [0.05, 0.1) is 0 Å². The summed E-state index contributed by atoms with van der Waals surface area (Å²) in [5.74, 6) is -1.26. The molecule has 0 amide bonds. The lowest BCUT2D eigenvalue weighted by atomic mass is 10.2. The predicted octanol–water partition coefficient (Wildman–Crippen LogP) is 0.990. The maximum absolute atomic E-state index is 10.6. The molecule has 0 fully saturated rings. The van der Waals surface area contributed by atoms with Gasteiger partial charge in [-0.3, -0.25) is 0 Å². The molecule has 2 heterocycles. The molecule has 5 heteroatoms. The minimum Gasteiger partial charge on any atom is -0.475 e. The summed E-state index contributed by atoms with van der Waals surface area (Å²) in [5.41, 5.74) is 1.61. The van der Waals surface area contributed by atoms with E-state index < -0.39 is 5.97 Å². The number of aryl methyl sites for hydroxylation is 1. The van der Waals surface area contributed by atoms with Gasteiger partial charge in [-0.1, -0.05) is 13.0 Å². The van der Waals surface area contributed by atoms with Gasteiger partial charge < -0.3 is 5.11 Å². The van der Waals surface area contributed by atoms with Crippen molar-refractivity contribution in [3.05, 3.63) is 29.7 Å². The first-order valence-electron chi connectivity index (χ1n) is 4.30. The van der Waals surface area contributed by atoms with Crippen LogP contribution in [-0.4, -0.2) is 25.7 Å². The van der Waals surface area contributed by atoms with E-state index in [-0.39, 0.29) is 5.82 Å². The van der Waals surface area contributed by atoms with Gasteiger partial charge in [0.2, 0.25) is 0 Å². The van der Waals surface area contributed by atoms with Crippen molar-refractivity contribution >= 4 is 11.6 Å². The van der Waals surface area contributed by atoms with Gasteiger partial charge in [0.15, 0.2) is 5.65 Å². The molecule has 2 aromatic heterocycles. The zero-order valence-corrected chi connectivity index (χ0v) is 7.64. The Bertz CT molecular complexity index is 490. The molecule has 0 aromatic carbocycles. The number of pyridine rings is 1. The summed E-state index contributed by atoms with van der Waals surface area (Å²) in [7, 11) is 0. The third-order valence-electron chi connectivity index (χ3n) is 2.02. The van der Waals surface area contributed by atoms with Gasteiger partial charge >= 0.3 is 5.97 Å². The van der Waals surface area contributed by atoms with Crippen LogP contribution in [0.3, 0.4) is 0 Å². The van der Waals surface area contributed by atoms with Gasteiger partial charge in [-0.25, -0.2) is 14.3 Å². The van der Waals surface area contributed by atoms with Crippen molar-refractivity contribution in [2.24, 2.45) is 0 Å². The van der Waals surface area contributed by atoms with Crippen LogP contribution in [0.1, 0.15) is 23.1 Å². The molecule has 0 saturated heterocycles. The molecule has 0 aliphatic heterocycles. The molecule has 2 aromatic rings. The van der Waals surface area contributed by atoms with Gasteiger partial charge in [-0.2, -0.15) is 0 Å². The average Bonchev–Trinajstić information content (AvgIpc) is 2.60. The topological polar surface area (TPSA) is 67.5 Å². The van der Waals surface area contributed by atoms with Crippen LogP contribution in [0.2, 0.25) is 0 Å². The fourth-order valence-electron chi connectivity index (χ4n) is 1.33. The maximum Gasteiger partial charge on any atom is 0.375 e. The van der Waals surface area contributed by atoms with Crippen LogP contribution in [0.4, 0.5) is 0 Å². The fraction of sp³-hybridized carbons (Fsp3) is 0.222. The molecule has 0 saturated carbocycles. The van der Waals surface area contributed by atoms with E-state index in [1.165, 1.54) is 4.52 Å². The number of aromatic nitrogens is 3. The minimum absolute atomic E-state index is 0.161. The van der Waals surface area contributed by atoms with Crippen molar-refractivity contribution in [1.29, 1.82) is 0 Å². The van der Waals surface area contributed by atoms with Gasteiger partial charge in [-0.15, -0.1) is 5.10 Å². The monoisotopic (exact) mass is 191 g/mol. The molecule has 1 N–H and O–H groups in total. The number of carboxylic acids is 1. The number of hydrogen-bond donors (Lipinski definition) is 1. The number of aromatic carboxylic acids is 1. The molecular weight excluding hydrogens is 182 g/mol. The van der Waals surface area contributed by atoms with E-state index >= 15 is 0 Å². The summed E-state index contributed by atoms with van der Waals surface area (Å²) in [6, 6.07) is 3.74. The summed E-state index contributed by atoms with van der Waals surface area (Å²) in [6.07, 6.45) is 2.50. The number of carboxylic acid groups (broad SMARTS) is 1. The van der Waals surface area contributed by atoms with Crippen LogP contribution in [0.15, 0.2) is 18.3 Å². The third kappa shape index (κ3) is 1.22. The summed E-state index contributed by atoms with van der Waals surface area (Å²) < 4.78 is 1.49. The Hall–Kier alpha value is -1.91. The number of fused-ring (bicyclic) bond motifs is 1. The van der Waals surface area contributed by atoms with Crippen LogP contribution in [0.5, 0.6) is 0 Å². The van der Waals surface area contributed by atoms with Crippen molar-refractivity contribution in [3.8, 4) is 0 Å². The van der Waals surface area contributed by atoms with Crippen molar-refractivity contribution in [3.63, 3.8) is 0 Å². The fourth-order valence-corrected chi connectivity index (χ4v) is 1.33. The smallest absolute Gasteiger partial charge is 0.375 e. The first-order chi connectivity index (χ1) is 6.72. The molecule has 5 nitrogen and oxygen atoms in total. The Kier molecular flexibility index (Phi) is 1.92. The second-order valence-corrected chi connectivity index (χ2v) is 2.90. The number of carbonyl (C=O) groups is 1. The summed E-state index contributed by atoms with van der Waals surface area (Å²) in [6.45, 7) is 1.99. The zero-order chi connectivity index (χ0) is 10.1. The highest BCUT2D eigenvalue weighted by molar-refractivity contribution is 5.83. The minimum atomic E-state index is -1.10. The highest BCUT2D eigenvalue weighted by Crippen LogP contribution is 2.09. The largest absolute Gasteiger partial charge is 0.475 e. The highest BCUT2D eigenvalue weighted by Gasteiger charge is 2.11. The van der Waals surface area contributed by atoms with Gasteiger partial charge in [0.1, 0.15) is 0 Å². The number of hydrogen-bond acceptors (Lipinski definition) is 3. The second-order valence-electron chi connectivity index (χ2n) is 2.90. The average molecular weight is 191 g/mol. The Morgan fingerprint density at radius 3 is 3.07 bits per heavy atom. The molecule has 0 spiro atoms. The van der Waals surface area contributed by atoms with E-state index in [1.807, 2.05) is 19.1 Å². The predicted molar refractivity (Wildman–Crippen MR) is 49.3 cm³/mol. The molecule has 14 heavy (non-hydrogen) atoms. The van der Waals surface area contributed by atoms with E-state index in [1.54, 1.807) is 6.20 Å². The maximum atomic E-state index is 10.6. The Morgan fingerprint density at radius 1 is 1.64 bits per heavy atom. The molecule has 0 aliphatic carbocycles. The molecule has 72 valence electrons. The van der Waals surface area contributed by atoms with Crippen molar-refractivity contribution < 1.29 is 9.90 Å². The van der Waals surface area contributed by atoms with E-state index in [9.17, 15) is 4.79 Å². The molecular formula is C9H9N3O2. The first kappa shape index (κ1) is 8.68. The lowest BCUT2D eigenvalue weighted by molar-refractivity contribution is 0.0684. The van der Waals surface area contributed by atoms with Crippen LogP contribution in [0.25, 0.3) is 5.65 Å². The lowest BCUT2D eigenvalue weighted by Gasteiger charge is -1.96. The molecule has 0 radical (unpaired) electrons.